The molecule has 1 aliphatic heterocycles. The van der Waals surface area contributed by atoms with Crippen molar-refractivity contribution in [2.45, 2.75) is 33.7 Å². The third-order valence-corrected chi connectivity index (χ3v) is 5.15. The van der Waals surface area contributed by atoms with Gasteiger partial charge in [-0.3, -0.25) is 9.59 Å². The van der Waals surface area contributed by atoms with E-state index in [4.69, 9.17) is 0 Å². The first kappa shape index (κ1) is 18.4. The van der Waals surface area contributed by atoms with Crippen molar-refractivity contribution < 1.29 is 14.7 Å². The first-order valence-corrected chi connectivity index (χ1v) is 9.01. The smallest absolute Gasteiger partial charge is 0.242 e. The minimum absolute atomic E-state index is 0.00718. The van der Waals surface area contributed by atoms with Crippen LogP contribution in [-0.2, 0) is 22.6 Å². The second kappa shape index (κ2) is 7.45. The van der Waals surface area contributed by atoms with Gasteiger partial charge in [0.05, 0.1) is 17.6 Å². The molecular weight excluding hydrogens is 332 g/mol. The molecule has 1 aromatic carbocycles. The van der Waals surface area contributed by atoms with Gasteiger partial charge in [0.25, 0.3) is 0 Å². The number of amides is 2. The lowest BCUT2D eigenvalue weighted by Crippen LogP contribution is -2.50. The maximum absolute atomic E-state index is 12.8. The van der Waals surface area contributed by atoms with Gasteiger partial charge in [0.15, 0.2) is 0 Å². The van der Waals surface area contributed by atoms with E-state index < -0.39 is 0 Å². The Balaban J connectivity index is 1.83. The Bertz CT molecular complexity index is 835. The molecule has 0 bridgehead atoms. The highest BCUT2D eigenvalue weighted by atomic mass is 16.3. The zero-order valence-electron chi connectivity index (χ0n) is 15.7. The number of hydrogen-bond acceptors (Lipinski definition) is 4. The fourth-order valence-electron chi connectivity index (χ4n) is 3.40. The number of imidazole rings is 1. The van der Waals surface area contributed by atoms with Gasteiger partial charge in [-0.15, -0.1) is 0 Å². The lowest BCUT2D eigenvalue weighted by atomic mass is 10.1. The van der Waals surface area contributed by atoms with Gasteiger partial charge >= 0.3 is 0 Å². The Morgan fingerprint density at radius 1 is 1.08 bits per heavy atom. The summed E-state index contributed by atoms with van der Waals surface area (Å²) in [6.45, 7) is 8.10. The molecule has 1 saturated heterocycles. The van der Waals surface area contributed by atoms with Crippen molar-refractivity contribution in [2.75, 3.05) is 32.8 Å². The Morgan fingerprint density at radius 2 is 1.69 bits per heavy atom. The second-order valence-corrected chi connectivity index (χ2v) is 6.90. The number of rotatable bonds is 4. The summed E-state index contributed by atoms with van der Waals surface area (Å²) < 4.78 is 1.91. The number of nitrogens with zero attached hydrogens (tertiary/aromatic N) is 4. The number of piperazine rings is 1. The molecule has 0 spiro atoms. The van der Waals surface area contributed by atoms with Crippen LogP contribution in [0.15, 0.2) is 12.1 Å². The van der Waals surface area contributed by atoms with E-state index in [1.807, 2.05) is 24.5 Å². The summed E-state index contributed by atoms with van der Waals surface area (Å²) in [5.41, 5.74) is 4.08. The molecule has 1 N–H and O–H groups in total. The normalized spacial score (nSPS) is 14.9. The number of carbonyl (C=O) groups excluding carboxylic acids is 2. The summed E-state index contributed by atoms with van der Waals surface area (Å²) in [5.74, 6) is 0.793. The molecule has 0 radical (unpaired) electrons. The fraction of sp³-hybridized carbons (Fsp3) is 0.526. The molecule has 0 unspecified atom stereocenters. The first-order chi connectivity index (χ1) is 12.4. The molecule has 1 aromatic heterocycles. The highest BCUT2D eigenvalue weighted by Gasteiger charge is 2.24. The SMILES string of the molecule is CC(=O)N1CCN(C(=O)Cn2c(CCO)nc3cc(C)c(C)cc32)CC1. The lowest BCUT2D eigenvalue weighted by molar-refractivity contribution is -0.138. The highest BCUT2D eigenvalue weighted by molar-refractivity contribution is 5.82. The lowest BCUT2D eigenvalue weighted by Gasteiger charge is -2.34. The average Bonchev–Trinajstić information content (AvgIpc) is 2.92. The molecule has 2 aromatic rings. The largest absolute Gasteiger partial charge is 0.396 e. The minimum Gasteiger partial charge on any atom is -0.396 e. The Kier molecular flexibility index (Phi) is 5.27. The molecule has 140 valence electrons. The number of hydrogen-bond donors (Lipinski definition) is 1. The summed E-state index contributed by atoms with van der Waals surface area (Å²) in [5, 5.41) is 9.36. The predicted octanol–water partition coefficient (Wildman–Crippen LogP) is 0.879. The van der Waals surface area contributed by atoms with E-state index in [0.29, 0.717) is 32.6 Å². The highest BCUT2D eigenvalue weighted by Crippen LogP contribution is 2.21. The van der Waals surface area contributed by atoms with Crippen molar-refractivity contribution in [2.24, 2.45) is 0 Å². The number of benzene rings is 1. The summed E-state index contributed by atoms with van der Waals surface area (Å²) in [4.78, 5) is 32.4. The van der Waals surface area contributed by atoms with Gasteiger partial charge in [0, 0.05) is 39.5 Å². The Labute approximate surface area is 153 Å². The van der Waals surface area contributed by atoms with Crippen molar-refractivity contribution in [1.82, 2.24) is 19.4 Å². The van der Waals surface area contributed by atoms with Crippen LogP contribution in [0.3, 0.4) is 0 Å². The van der Waals surface area contributed by atoms with Crippen LogP contribution in [0.25, 0.3) is 11.0 Å². The van der Waals surface area contributed by atoms with Crippen LogP contribution in [0.1, 0.15) is 23.9 Å². The first-order valence-electron chi connectivity index (χ1n) is 9.01. The van der Waals surface area contributed by atoms with E-state index in [2.05, 4.69) is 11.1 Å². The van der Waals surface area contributed by atoms with Crippen molar-refractivity contribution in [1.29, 1.82) is 0 Å². The molecule has 26 heavy (non-hydrogen) atoms. The standard InChI is InChI=1S/C19H26N4O3/c1-13-10-16-17(11-14(13)2)23(18(20-16)4-9-24)12-19(26)22-7-5-21(6-8-22)15(3)25/h10-11,24H,4-9,12H2,1-3H3. The fourth-order valence-corrected chi connectivity index (χ4v) is 3.40. The number of carbonyl (C=O) groups is 2. The summed E-state index contributed by atoms with van der Waals surface area (Å²) in [6, 6.07) is 4.08. The van der Waals surface area contributed by atoms with Crippen molar-refractivity contribution in [3.05, 3.63) is 29.1 Å². The zero-order valence-corrected chi connectivity index (χ0v) is 15.7. The molecule has 3 rings (SSSR count). The van der Waals surface area contributed by atoms with Gasteiger partial charge in [0.1, 0.15) is 12.4 Å². The Morgan fingerprint density at radius 3 is 2.31 bits per heavy atom. The molecule has 0 atom stereocenters. The molecule has 2 heterocycles. The van der Waals surface area contributed by atoms with Crippen LogP contribution < -0.4 is 0 Å². The number of aliphatic hydroxyl groups is 1. The van der Waals surface area contributed by atoms with Crippen LogP contribution in [0.5, 0.6) is 0 Å². The molecule has 1 aliphatic rings. The van der Waals surface area contributed by atoms with Crippen molar-refractivity contribution in [3.8, 4) is 0 Å². The van der Waals surface area contributed by atoms with Gasteiger partial charge in [0.2, 0.25) is 11.8 Å². The third kappa shape index (κ3) is 3.58. The predicted molar refractivity (Wildman–Crippen MR) is 98.8 cm³/mol. The number of aromatic nitrogens is 2. The molecule has 0 saturated carbocycles. The maximum Gasteiger partial charge on any atom is 0.242 e. The minimum atomic E-state index is -0.00718. The molecule has 1 fully saturated rings. The van der Waals surface area contributed by atoms with Gasteiger partial charge in [-0.05, 0) is 37.1 Å². The van der Waals surface area contributed by atoms with E-state index in [1.54, 1.807) is 16.7 Å². The monoisotopic (exact) mass is 358 g/mol. The molecule has 7 nitrogen and oxygen atoms in total. The van der Waals surface area contributed by atoms with E-state index in [1.165, 1.54) is 0 Å². The van der Waals surface area contributed by atoms with E-state index >= 15 is 0 Å². The van der Waals surface area contributed by atoms with Crippen molar-refractivity contribution >= 4 is 22.8 Å². The number of fused-ring (bicyclic) bond motifs is 1. The van der Waals surface area contributed by atoms with Gasteiger partial charge in [-0.1, -0.05) is 0 Å². The maximum atomic E-state index is 12.8. The van der Waals surface area contributed by atoms with Gasteiger partial charge in [-0.25, -0.2) is 4.98 Å². The zero-order chi connectivity index (χ0) is 18.8. The van der Waals surface area contributed by atoms with E-state index in [0.717, 1.165) is 28.0 Å². The van der Waals surface area contributed by atoms with E-state index in [9.17, 15) is 14.7 Å². The average molecular weight is 358 g/mol. The molecular formula is C19H26N4O3. The number of aryl methyl sites for hydroxylation is 2. The number of aliphatic hydroxyl groups excluding tert-OH is 1. The summed E-state index contributed by atoms with van der Waals surface area (Å²) in [6.07, 6.45) is 0.415. The second-order valence-electron chi connectivity index (χ2n) is 6.90. The molecule has 2 amide bonds. The van der Waals surface area contributed by atoms with Crippen LogP contribution in [-0.4, -0.2) is 69.1 Å². The van der Waals surface area contributed by atoms with Crippen LogP contribution in [0.4, 0.5) is 0 Å². The third-order valence-electron chi connectivity index (χ3n) is 5.15. The topological polar surface area (TPSA) is 78.7 Å². The Hall–Kier alpha value is -2.41. The van der Waals surface area contributed by atoms with Crippen molar-refractivity contribution in [3.63, 3.8) is 0 Å². The molecule has 0 aliphatic carbocycles. The quantitative estimate of drug-likeness (QED) is 0.880. The van der Waals surface area contributed by atoms with Gasteiger partial charge in [-0.2, -0.15) is 0 Å². The van der Waals surface area contributed by atoms with Crippen LogP contribution in [0, 0.1) is 13.8 Å². The molecule has 7 heteroatoms. The van der Waals surface area contributed by atoms with E-state index in [-0.39, 0.29) is 25.0 Å². The van der Waals surface area contributed by atoms with Gasteiger partial charge < -0.3 is 19.5 Å². The summed E-state index contributed by atoms with van der Waals surface area (Å²) >= 11 is 0. The van der Waals surface area contributed by atoms with Crippen LogP contribution in [0.2, 0.25) is 0 Å². The summed E-state index contributed by atoms with van der Waals surface area (Å²) in [7, 11) is 0. The van der Waals surface area contributed by atoms with Crippen LogP contribution >= 0.6 is 0 Å².